The quantitative estimate of drug-likeness (QED) is 0.849. The molecule has 21 heavy (non-hydrogen) atoms. The maximum absolute atomic E-state index is 12.3. The number of likely N-dealkylation sites (N-methyl/N-ethyl adjacent to an activating group) is 1. The van der Waals surface area contributed by atoms with Crippen LogP contribution in [0.25, 0.3) is 11.3 Å². The fourth-order valence-corrected chi connectivity index (χ4v) is 1.91. The summed E-state index contributed by atoms with van der Waals surface area (Å²) < 4.78 is 4.58. The second-order valence-electron chi connectivity index (χ2n) is 4.43. The largest absolute Gasteiger partial charge is 0.468 e. The molecule has 1 heterocycles. The number of hydrogen-bond acceptors (Lipinski definition) is 4. The number of rotatable bonds is 5. The zero-order chi connectivity index (χ0) is 15.2. The predicted octanol–water partition coefficient (Wildman–Crippen LogP) is 1.71. The van der Waals surface area contributed by atoms with E-state index in [-0.39, 0.29) is 12.5 Å². The van der Waals surface area contributed by atoms with Crippen molar-refractivity contribution in [2.75, 3.05) is 20.2 Å². The maximum atomic E-state index is 12.3. The second kappa shape index (κ2) is 6.69. The van der Waals surface area contributed by atoms with Crippen LogP contribution in [0.3, 0.4) is 0 Å². The Morgan fingerprint density at radius 2 is 2.00 bits per heavy atom. The average Bonchev–Trinajstić information content (AvgIpc) is 3.02. The van der Waals surface area contributed by atoms with Crippen LogP contribution in [0.2, 0.25) is 0 Å². The molecule has 0 aliphatic rings. The van der Waals surface area contributed by atoms with Crippen molar-refractivity contribution in [3.8, 4) is 11.3 Å². The molecule has 0 radical (unpaired) electrons. The van der Waals surface area contributed by atoms with Crippen molar-refractivity contribution >= 4 is 11.9 Å². The van der Waals surface area contributed by atoms with Gasteiger partial charge in [-0.3, -0.25) is 14.7 Å². The van der Waals surface area contributed by atoms with Crippen molar-refractivity contribution in [2.45, 2.75) is 6.92 Å². The van der Waals surface area contributed by atoms with E-state index in [1.54, 1.807) is 13.0 Å². The Hall–Kier alpha value is -2.63. The number of aromatic amines is 1. The molecule has 1 aromatic heterocycles. The van der Waals surface area contributed by atoms with E-state index in [2.05, 4.69) is 14.9 Å². The van der Waals surface area contributed by atoms with Crippen molar-refractivity contribution in [2.24, 2.45) is 0 Å². The minimum atomic E-state index is -0.451. The van der Waals surface area contributed by atoms with Crippen molar-refractivity contribution in [3.05, 3.63) is 42.1 Å². The van der Waals surface area contributed by atoms with E-state index in [0.29, 0.717) is 17.9 Å². The van der Waals surface area contributed by atoms with Crippen LogP contribution in [0.15, 0.2) is 36.4 Å². The Labute approximate surface area is 122 Å². The smallest absolute Gasteiger partial charge is 0.325 e. The number of amides is 1. The summed E-state index contributed by atoms with van der Waals surface area (Å²) >= 11 is 0. The van der Waals surface area contributed by atoms with Crippen LogP contribution in [-0.4, -0.2) is 47.2 Å². The minimum Gasteiger partial charge on any atom is -0.468 e. The van der Waals surface area contributed by atoms with Crippen LogP contribution in [-0.2, 0) is 9.53 Å². The molecule has 0 bridgehead atoms. The lowest BCUT2D eigenvalue weighted by molar-refractivity contribution is -0.141. The molecule has 0 fully saturated rings. The van der Waals surface area contributed by atoms with E-state index in [1.807, 2.05) is 30.3 Å². The molecule has 0 atom stereocenters. The predicted molar refractivity (Wildman–Crippen MR) is 77.6 cm³/mol. The number of methoxy groups -OCH3 is 1. The lowest BCUT2D eigenvalue weighted by Crippen LogP contribution is -2.36. The van der Waals surface area contributed by atoms with Gasteiger partial charge in [0.05, 0.1) is 12.8 Å². The number of aromatic nitrogens is 2. The van der Waals surface area contributed by atoms with Gasteiger partial charge in [0.2, 0.25) is 0 Å². The summed E-state index contributed by atoms with van der Waals surface area (Å²) in [4.78, 5) is 25.0. The molecule has 0 unspecified atom stereocenters. The van der Waals surface area contributed by atoms with Crippen molar-refractivity contribution < 1.29 is 14.3 Å². The van der Waals surface area contributed by atoms with Gasteiger partial charge in [-0.25, -0.2) is 0 Å². The third kappa shape index (κ3) is 3.47. The molecular weight excluding hydrogens is 270 g/mol. The molecular formula is C15H17N3O3. The summed E-state index contributed by atoms with van der Waals surface area (Å²) in [5.41, 5.74) is 1.96. The van der Waals surface area contributed by atoms with Crippen LogP contribution in [0.1, 0.15) is 17.4 Å². The average molecular weight is 287 g/mol. The number of ether oxygens (including phenoxy) is 1. The van der Waals surface area contributed by atoms with Gasteiger partial charge >= 0.3 is 5.97 Å². The summed E-state index contributed by atoms with van der Waals surface area (Å²) in [5, 5.41) is 6.85. The molecule has 2 rings (SSSR count). The number of H-pyrrole nitrogens is 1. The summed E-state index contributed by atoms with van der Waals surface area (Å²) in [6.07, 6.45) is 0. The second-order valence-corrected chi connectivity index (χ2v) is 4.43. The van der Waals surface area contributed by atoms with E-state index in [0.717, 1.165) is 5.56 Å². The monoisotopic (exact) mass is 287 g/mol. The minimum absolute atomic E-state index is 0.0779. The van der Waals surface area contributed by atoms with Crippen molar-refractivity contribution in [3.63, 3.8) is 0 Å². The van der Waals surface area contributed by atoms with Gasteiger partial charge in [-0.1, -0.05) is 30.3 Å². The van der Waals surface area contributed by atoms with Gasteiger partial charge in [-0.05, 0) is 13.0 Å². The Kier molecular flexibility index (Phi) is 4.71. The molecule has 0 saturated heterocycles. The highest BCUT2D eigenvalue weighted by atomic mass is 16.5. The van der Waals surface area contributed by atoms with Gasteiger partial charge in [-0.15, -0.1) is 0 Å². The Bertz CT molecular complexity index is 622. The lowest BCUT2D eigenvalue weighted by Gasteiger charge is -2.18. The molecule has 6 nitrogen and oxygen atoms in total. The van der Waals surface area contributed by atoms with Gasteiger partial charge in [-0.2, -0.15) is 5.10 Å². The molecule has 2 aromatic rings. The molecule has 1 N–H and O–H groups in total. The number of nitrogens with zero attached hydrogens (tertiary/aromatic N) is 2. The third-order valence-corrected chi connectivity index (χ3v) is 3.09. The van der Waals surface area contributed by atoms with Crippen LogP contribution >= 0.6 is 0 Å². The number of carbonyl (C=O) groups excluding carboxylic acids is 2. The molecule has 1 amide bonds. The first kappa shape index (κ1) is 14.8. The maximum Gasteiger partial charge on any atom is 0.325 e. The first-order valence-corrected chi connectivity index (χ1v) is 6.62. The van der Waals surface area contributed by atoms with E-state index in [9.17, 15) is 9.59 Å². The molecule has 0 saturated carbocycles. The van der Waals surface area contributed by atoms with E-state index < -0.39 is 5.97 Å². The molecule has 6 heteroatoms. The fourth-order valence-electron chi connectivity index (χ4n) is 1.91. The number of hydrogen-bond donors (Lipinski definition) is 1. The molecule has 0 aliphatic heterocycles. The van der Waals surface area contributed by atoms with Crippen molar-refractivity contribution in [1.29, 1.82) is 0 Å². The van der Waals surface area contributed by atoms with Gasteiger partial charge < -0.3 is 9.64 Å². The number of carbonyl (C=O) groups is 2. The zero-order valence-corrected chi connectivity index (χ0v) is 12.0. The summed E-state index contributed by atoms with van der Waals surface area (Å²) in [5.74, 6) is -0.731. The van der Waals surface area contributed by atoms with Crippen LogP contribution in [0.4, 0.5) is 0 Å². The fraction of sp³-hybridized carbons (Fsp3) is 0.267. The highest BCUT2D eigenvalue weighted by molar-refractivity contribution is 5.95. The highest BCUT2D eigenvalue weighted by Crippen LogP contribution is 2.17. The van der Waals surface area contributed by atoms with Gasteiger partial charge in [0.25, 0.3) is 5.91 Å². The Morgan fingerprint density at radius 3 is 2.62 bits per heavy atom. The van der Waals surface area contributed by atoms with Gasteiger partial charge in [0.1, 0.15) is 12.2 Å². The number of esters is 1. The SMILES string of the molecule is CCN(CC(=O)OC)C(=O)c1cc(-c2ccccc2)n[nH]1. The van der Waals surface area contributed by atoms with E-state index in [4.69, 9.17) is 0 Å². The molecule has 1 aromatic carbocycles. The first-order chi connectivity index (χ1) is 10.2. The van der Waals surface area contributed by atoms with Crippen molar-refractivity contribution in [1.82, 2.24) is 15.1 Å². The summed E-state index contributed by atoms with van der Waals surface area (Å²) in [7, 11) is 1.30. The summed E-state index contributed by atoms with van der Waals surface area (Å²) in [6, 6.07) is 11.2. The molecule has 0 aliphatic carbocycles. The van der Waals surface area contributed by atoms with E-state index in [1.165, 1.54) is 12.0 Å². The van der Waals surface area contributed by atoms with E-state index >= 15 is 0 Å². The van der Waals surface area contributed by atoms with Crippen LogP contribution < -0.4 is 0 Å². The summed E-state index contributed by atoms with van der Waals surface area (Å²) in [6.45, 7) is 2.13. The number of nitrogens with one attached hydrogen (secondary N) is 1. The zero-order valence-electron chi connectivity index (χ0n) is 12.0. The number of benzene rings is 1. The third-order valence-electron chi connectivity index (χ3n) is 3.09. The molecule has 110 valence electrons. The lowest BCUT2D eigenvalue weighted by atomic mass is 10.1. The topological polar surface area (TPSA) is 75.3 Å². The van der Waals surface area contributed by atoms with Crippen LogP contribution in [0, 0.1) is 0 Å². The van der Waals surface area contributed by atoms with Gasteiger partial charge in [0.15, 0.2) is 0 Å². The first-order valence-electron chi connectivity index (χ1n) is 6.62. The highest BCUT2D eigenvalue weighted by Gasteiger charge is 2.19. The standard InChI is InChI=1S/C15H17N3O3/c1-3-18(10-14(19)21-2)15(20)13-9-12(16-17-13)11-7-5-4-6-8-11/h4-9H,3,10H2,1-2H3,(H,16,17). The van der Waals surface area contributed by atoms with Gasteiger partial charge in [0, 0.05) is 12.1 Å². The van der Waals surface area contributed by atoms with Crippen LogP contribution in [0.5, 0.6) is 0 Å². The normalized spacial score (nSPS) is 10.2. The Morgan fingerprint density at radius 1 is 1.29 bits per heavy atom. The Balaban J connectivity index is 2.16. The molecule has 0 spiro atoms.